The molecular formula is C11H17N3. The van der Waals surface area contributed by atoms with E-state index >= 15 is 0 Å². The summed E-state index contributed by atoms with van der Waals surface area (Å²) in [4.78, 5) is 4.23. The second-order valence-electron chi connectivity index (χ2n) is 4.29. The Bertz CT molecular complexity index is 318. The van der Waals surface area contributed by atoms with Gasteiger partial charge in [-0.25, -0.2) is 4.98 Å². The van der Waals surface area contributed by atoms with Gasteiger partial charge in [0, 0.05) is 18.3 Å². The lowest BCUT2D eigenvalue weighted by Gasteiger charge is -2.38. The molecule has 0 unspecified atom stereocenters. The standard InChI is InChI=1S/C11H17N3/c1-9-3-6-13-10(7-9)14-8-11(12)4-2-5-11/h3,6-7H,2,4-5,8,12H2,1H3,(H,13,14). The fourth-order valence-corrected chi connectivity index (χ4v) is 1.71. The number of nitrogens with one attached hydrogen (secondary N) is 1. The molecule has 1 aliphatic rings. The van der Waals surface area contributed by atoms with E-state index in [0.29, 0.717) is 0 Å². The summed E-state index contributed by atoms with van der Waals surface area (Å²) in [6.45, 7) is 2.90. The highest BCUT2D eigenvalue weighted by Crippen LogP contribution is 2.28. The lowest BCUT2D eigenvalue weighted by Crippen LogP contribution is -2.52. The van der Waals surface area contributed by atoms with Crippen molar-refractivity contribution in [3.8, 4) is 0 Å². The maximum Gasteiger partial charge on any atom is 0.126 e. The van der Waals surface area contributed by atoms with E-state index in [2.05, 4.69) is 17.2 Å². The van der Waals surface area contributed by atoms with E-state index in [-0.39, 0.29) is 5.54 Å². The lowest BCUT2D eigenvalue weighted by molar-refractivity contribution is 0.265. The van der Waals surface area contributed by atoms with Gasteiger partial charge in [0.25, 0.3) is 0 Å². The number of pyridine rings is 1. The smallest absolute Gasteiger partial charge is 0.126 e. The van der Waals surface area contributed by atoms with E-state index < -0.39 is 0 Å². The summed E-state index contributed by atoms with van der Waals surface area (Å²) < 4.78 is 0. The molecule has 0 spiro atoms. The highest BCUT2D eigenvalue weighted by atomic mass is 15.0. The van der Waals surface area contributed by atoms with Crippen LogP contribution in [0, 0.1) is 6.92 Å². The molecule has 1 saturated carbocycles. The molecule has 3 heteroatoms. The third-order valence-electron chi connectivity index (χ3n) is 2.89. The van der Waals surface area contributed by atoms with Gasteiger partial charge in [-0.1, -0.05) is 0 Å². The number of aromatic nitrogens is 1. The van der Waals surface area contributed by atoms with Crippen LogP contribution in [0.1, 0.15) is 24.8 Å². The van der Waals surface area contributed by atoms with Gasteiger partial charge in [-0.2, -0.15) is 0 Å². The summed E-state index contributed by atoms with van der Waals surface area (Å²) in [7, 11) is 0. The van der Waals surface area contributed by atoms with Crippen LogP contribution in [-0.2, 0) is 0 Å². The van der Waals surface area contributed by atoms with E-state index in [1.807, 2.05) is 18.3 Å². The maximum atomic E-state index is 6.10. The Labute approximate surface area is 84.7 Å². The first-order valence-corrected chi connectivity index (χ1v) is 5.13. The average Bonchev–Trinajstić information content (AvgIpc) is 2.12. The molecular weight excluding hydrogens is 174 g/mol. The predicted molar refractivity (Wildman–Crippen MR) is 58.2 cm³/mol. The van der Waals surface area contributed by atoms with Crippen molar-refractivity contribution in [1.82, 2.24) is 4.98 Å². The number of anilines is 1. The molecule has 0 bridgehead atoms. The van der Waals surface area contributed by atoms with Crippen LogP contribution in [0.3, 0.4) is 0 Å². The Hall–Kier alpha value is -1.09. The van der Waals surface area contributed by atoms with E-state index in [9.17, 15) is 0 Å². The Balaban J connectivity index is 1.91. The van der Waals surface area contributed by atoms with Gasteiger partial charge in [0.05, 0.1) is 0 Å². The molecule has 2 rings (SSSR count). The van der Waals surface area contributed by atoms with Crippen LogP contribution in [0.15, 0.2) is 18.3 Å². The van der Waals surface area contributed by atoms with Gasteiger partial charge in [0.2, 0.25) is 0 Å². The van der Waals surface area contributed by atoms with Crippen molar-refractivity contribution in [2.24, 2.45) is 5.73 Å². The number of hydrogen-bond donors (Lipinski definition) is 2. The summed E-state index contributed by atoms with van der Waals surface area (Å²) in [5.41, 5.74) is 7.34. The molecule has 0 aromatic carbocycles. The Morgan fingerprint density at radius 3 is 2.93 bits per heavy atom. The molecule has 1 aromatic heterocycles. The minimum absolute atomic E-state index is 0.0193. The quantitative estimate of drug-likeness (QED) is 0.764. The topological polar surface area (TPSA) is 50.9 Å². The van der Waals surface area contributed by atoms with Crippen LogP contribution >= 0.6 is 0 Å². The van der Waals surface area contributed by atoms with Crippen molar-refractivity contribution >= 4 is 5.82 Å². The van der Waals surface area contributed by atoms with Crippen molar-refractivity contribution in [2.75, 3.05) is 11.9 Å². The molecule has 3 nitrogen and oxygen atoms in total. The molecule has 3 N–H and O–H groups in total. The monoisotopic (exact) mass is 191 g/mol. The highest BCUT2D eigenvalue weighted by Gasteiger charge is 2.31. The SMILES string of the molecule is Cc1ccnc(NCC2(N)CCC2)c1. The Morgan fingerprint density at radius 1 is 1.57 bits per heavy atom. The Morgan fingerprint density at radius 2 is 2.36 bits per heavy atom. The largest absolute Gasteiger partial charge is 0.368 e. The zero-order valence-corrected chi connectivity index (χ0v) is 8.59. The number of nitrogens with zero attached hydrogens (tertiary/aromatic N) is 1. The lowest BCUT2D eigenvalue weighted by atomic mass is 9.78. The molecule has 0 saturated heterocycles. The molecule has 1 fully saturated rings. The van der Waals surface area contributed by atoms with Crippen LogP contribution in [0.5, 0.6) is 0 Å². The van der Waals surface area contributed by atoms with Gasteiger partial charge < -0.3 is 11.1 Å². The molecule has 1 aromatic rings. The third-order valence-corrected chi connectivity index (χ3v) is 2.89. The van der Waals surface area contributed by atoms with E-state index in [1.165, 1.54) is 12.0 Å². The second kappa shape index (κ2) is 3.58. The number of nitrogens with two attached hydrogens (primary N) is 1. The summed E-state index contributed by atoms with van der Waals surface area (Å²) in [5.74, 6) is 0.932. The van der Waals surface area contributed by atoms with Crippen LogP contribution in [0.25, 0.3) is 0 Å². The molecule has 14 heavy (non-hydrogen) atoms. The number of rotatable bonds is 3. The van der Waals surface area contributed by atoms with Crippen LogP contribution in [-0.4, -0.2) is 17.1 Å². The minimum Gasteiger partial charge on any atom is -0.368 e. The highest BCUT2D eigenvalue weighted by molar-refractivity contribution is 5.37. The predicted octanol–water partition coefficient (Wildman–Crippen LogP) is 1.68. The van der Waals surface area contributed by atoms with Gasteiger partial charge in [-0.05, 0) is 43.9 Å². The fraction of sp³-hybridized carbons (Fsp3) is 0.545. The molecule has 1 aliphatic carbocycles. The van der Waals surface area contributed by atoms with Gasteiger partial charge >= 0.3 is 0 Å². The summed E-state index contributed by atoms with van der Waals surface area (Å²) in [6, 6.07) is 4.04. The van der Waals surface area contributed by atoms with Crippen molar-refractivity contribution < 1.29 is 0 Å². The average molecular weight is 191 g/mol. The van der Waals surface area contributed by atoms with Crippen LogP contribution in [0.2, 0.25) is 0 Å². The summed E-state index contributed by atoms with van der Waals surface area (Å²) in [6.07, 6.45) is 5.35. The molecule has 1 heterocycles. The van der Waals surface area contributed by atoms with Crippen LogP contribution in [0.4, 0.5) is 5.82 Å². The van der Waals surface area contributed by atoms with Gasteiger partial charge in [-0.3, -0.25) is 0 Å². The maximum absolute atomic E-state index is 6.10. The van der Waals surface area contributed by atoms with Gasteiger partial charge in [0.15, 0.2) is 0 Å². The van der Waals surface area contributed by atoms with Gasteiger partial charge in [0.1, 0.15) is 5.82 Å². The van der Waals surface area contributed by atoms with Crippen molar-refractivity contribution in [3.63, 3.8) is 0 Å². The normalized spacial score (nSPS) is 18.7. The Kier molecular flexibility index (Phi) is 2.42. The zero-order chi connectivity index (χ0) is 10.0. The summed E-state index contributed by atoms with van der Waals surface area (Å²) >= 11 is 0. The molecule has 0 aliphatic heterocycles. The van der Waals surface area contributed by atoms with Crippen LogP contribution < -0.4 is 11.1 Å². The van der Waals surface area contributed by atoms with E-state index in [1.54, 1.807) is 0 Å². The first kappa shape index (κ1) is 9.46. The van der Waals surface area contributed by atoms with Crippen molar-refractivity contribution in [3.05, 3.63) is 23.9 Å². The van der Waals surface area contributed by atoms with E-state index in [4.69, 9.17) is 5.73 Å². The van der Waals surface area contributed by atoms with Crippen molar-refractivity contribution in [1.29, 1.82) is 0 Å². The first-order chi connectivity index (χ1) is 6.68. The molecule has 76 valence electrons. The first-order valence-electron chi connectivity index (χ1n) is 5.13. The second-order valence-corrected chi connectivity index (χ2v) is 4.29. The molecule has 0 amide bonds. The van der Waals surface area contributed by atoms with Gasteiger partial charge in [-0.15, -0.1) is 0 Å². The third kappa shape index (κ3) is 2.04. The molecule has 0 radical (unpaired) electrons. The zero-order valence-electron chi connectivity index (χ0n) is 8.59. The number of aryl methyl sites for hydroxylation is 1. The van der Waals surface area contributed by atoms with E-state index in [0.717, 1.165) is 25.2 Å². The number of hydrogen-bond acceptors (Lipinski definition) is 3. The molecule has 0 atom stereocenters. The van der Waals surface area contributed by atoms with Crippen molar-refractivity contribution in [2.45, 2.75) is 31.7 Å². The fourth-order valence-electron chi connectivity index (χ4n) is 1.71. The minimum atomic E-state index is 0.0193. The summed E-state index contributed by atoms with van der Waals surface area (Å²) in [5, 5.41) is 3.29.